The standard InChI is InChI=1S/C10H17N3O2S/c1-2-7-12-16(14,15)13-10-5-3-9(8-11)4-6-10/h3-6,12-13H,2,7-8,11H2,1H3. The van der Waals surface area contributed by atoms with Gasteiger partial charge in [0, 0.05) is 18.8 Å². The Morgan fingerprint density at radius 2 is 1.88 bits per heavy atom. The molecule has 0 fully saturated rings. The summed E-state index contributed by atoms with van der Waals surface area (Å²) in [5.74, 6) is 0. The molecule has 6 heteroatoms. The van der Waals surface area contributed by atoms with Crippen LogP contribution in [0.5, 0.6) is 0 Å². The number of anilines is 1. The Hall–Kier alpha value is -1.11. The third-order valence-electron chi connectivity index (χ3n) is 1.98. The third-order valence-corrected chi connectivity index (χ3v) is 3.07. The number of hydrogen-bond acceptors (Lipinski definition) is 3. The number of nitrogens with one attached hydrogen (secondary N) is 2. The van der Waals surface area contributed by atoms with E-state index in [4.69, 9.17) is 5.73 Å². The lowest BCUT2D eigenvalue weighted by atomic mass is 10.2. The van der Waals surface area contributed by atoms with Crippen LogP contribution in [0.15, 0.2) is 24.3 Å². The fraction of sp³-hybridized carbons (Fsp3) is 0.400. The van der Waals surface area contributed by atoms with Crippen LogP contribution in [0.4, 0.5) is 5.69 Å². The number of rotatable bonds is 6. The van der Waals surface area contributed by atoms with Crippen molar-refractivity contribution in [1.82, 2.24) is 4.72 Å². The number of benzene rings is 1. The van der Waals surface area contributed by atoms with Gasteiger partial charge in [0.05, 0.1) is 0 Å². The molecule has 5 nitrogen and oxygen atoms in total. The van der Waals surface area contributed by atoms with Crippen LogP contribution in [0, 0.1) is 0 Å². The van der Waals surface area contributed by atoms with Crippen LogP contribution in [0.1, 0.15) is 18.9 Å². The van der Waals surface area contributed by atoms with E-state index in [0.717, 1.165) is 12.0 Å². The van der Waals surface area contributed by atoms with E-state index in [1.165, 1.54) is 0 Å². The molecule has 1 aromatic rings. The van der Waals surface area contributed by atoms with E-state index in [-0.39, 0.29) is 0 Å². The van der Waals surface area contributed by atoms with Crippen LogP contribution < -0.4 is 15.2 Å². The molecule has 0 heterocycles. The van der Waals surface area contributed by atoms with E-state index in [1.54, 1.807) is 24.3 Å². The Morgan fingerprint density at radius 3 is 2.38 bits per heavy atom. The van der Waals surface area contributed by atoms with Crippen molar-refractivity contribution < 1.29 is 8.42 Å². The highest BCUT2D eigenvalue weighted by atomic mass is 32.2. The summed E-state index contributed by atoms with van der Waals surface area (Å²) >= 11 is 0. The smallest absolute Gasteiger partial charge is 0.299 e. The van der Waals surface area contributed by atoms with Crippen molar-refractivity contribution in [2.45, 2.75) is 19.9 Å². The van der Waals surface area contributed by atoms with Gasteiger partial charge < -0.3 is 5.73 Å². The molecule has 0 amide bonds. The minimum atomic E-state index is -3.45. The molecular weight excluding hydrogens is 226 g/mol. The van der Waals surface area contributed by atoms with Gasteiger partial charge in [0.15, 0.2) is 0 Å². The van der Waals surface area contributed by atoms with Crippen molar-refractivity contribution in [3.8, 4) is 0 Å². The second kappa shape index (κ2) is 5.83. The minimum Gasteiger partial charge on any atom is -0.326 e. The molecule has 0 aliphatic heterocycles. The largest absolute Gasteiger partial charge is 0.326 e. The van der Waals surface area contributed by atoms with Crippen molar-refractivity contribution in [3.63, 3.8) is 0 Å². The first kappa shape index (κ1) is 13.0. The van der Waals surface area contributed by atoms with Crippen LogP contribution in [-0.2, 0) is 16.8 Å². The predicted octanol–water partition coefficient (Wildman–Crippen LogP) is 0.802. The van der Waals surface area contributed by atoms with Gasteiger partial charge in [-0.2, -0.15) is 13.1 Å². The Morgan fingerprint density at radius 1 is 1.25 bits per heavy atom. The van der Waals surface area contributed by atoms with E-state index >= 15 is 0 Å². The summed E-state index contributed by atoms with van der Waals surface area (Å²) < 4.78 is 27.8. The van der Waals surface area contributed by atoms with Crippen molar-refractivity contribution >= 4 is 15.9 Å². The molecule has 90 valence electrons. The molecule has 0 saturated carbocycles. The molecule has 0 radical (unpaired) electrons. The van der Waals surface area contributed by atoms with Gasteiger partial charge in [-0.25, -0.2) is 0 Å². The Bertz CT molecular complexity index is 414. The molecule has 0 unspecified atom stereocenters. The summed E-state index contributed by atoms with van der Waals surface area (Å²) in [7, 11) is -3.45. The summed E-state index contributed by atoms with van der Waals surface area (Å²) in [6, 6.07) is 6.95. The maximum Gasteiger partial charge on any atom is 0.299 e. The highest BCUT2D eigenvalue weighted by Crippen LogP contribution is 2.10. The highest BCUT2D eigenvalue weighted by molar-refractivity contribution is 7.90. The lowest BCUT2D eigenvalue weighted by molar-refractivity contribution is 0.586. The second-order valence-corrected chi connectivity index (χ2v) is 4.90. The first-order chi connectivity index (χ1) is 7.57. The fourth-order valence-electron chi connectivity index (χ4n) is 1.14. The zero-order valence-electron chi connectivity index (χ0n) is 9.23. The van der Waals surface area contributed by atoms with E-state index in [1.807, 2.05) is 6.92 Å². The highest BCUT2D eigenvalue weighted by Gasteiger charge is 2.07. The zero-order chi connectivity index (χ0) is 12.0. The van der Waals surface area contributed by atoms with Crippen LogP contribution in [0.2, 0.25) is 0 Å². The normalized spacial score (nSPS) is 11.4. The van der Waals surface area contributed by atoms with Gasteiger partial charge in [-0.1, -0.05) is 19.1 Å². The molecule has 4 N–H and O–H groups in total. The van der Waals surface area contributed by atoms with Crippen LogP contribution in [-0.4, -0.2) is 15.0 Å². The van der Waals surface area contributed by atoms with Crippen LogP contribution >= 0.6 is 0 Å². The van der Waals surface area contributed by atoms with E-state index in [2.05, 4.69) is 9.44 Å². The summed E-state index contributed by atoms with van der Waals surface area (Å²) in [6.45, 7) is 2.77. The predicted molar refractivity (Wildman–Crippen MR) is 65.2 cm³/mol. The monoisotopic (exact) mass is 243 g/mol. The first-order valence-corrected chi connectivity index (χ1v) is 6.62. The summed E-state index contributed by atoms with van der Waals surface area (Å²) in [4.78, 5) is 0. The minimum absolute atomic E-state index is 0.427. The van der Waals surface area contributed by atoms with Crippen molar-refractivity contribution in [2.24, 2.45) is 5.73 Å². The molecule has 0 aromatic heterocycles. The van der Waals surface area contributed by atoms with Gasteiger partial charge in [0.1, 0.15) is 0 Å². The molecule has 0 spiro atoms. The average molecular weight is 243 g/mol. The van der Waals surface area contributed by atoms with Crippen LogP contribution in [0.25, 0.3) is 0 Å². The molecule has 1 rings (SSSR count). The second-order valence-electron chi connectivity index (χ2n) is 3.40. The molecule has 0 atom stereocenters. The Labute approximate surface area is 96.2 Å². The van der Waals surface area contributed by atoms with E-state index in [0.29, 0.717) is 18.8 Å². The van der Waals surface area contributed by atoms with Crippen molar-refractivity contribution in [1.29, 1.82) is 0 Å². The molecule has 0 aliphatic rings. The number of nitrogens with two attached hydrogens (primary N) is 1. The SMILES string of the molecule is CCCNS(=O)(=O)Nc1ccc(CN)cc1. The quantitative estimate of drug-likeness (QED) is 0.691. The van der Waals surface area contributed by atoms with E-state index < -0.39 is 10.2 Å². The number of hydrogen-bond donors (Lipinski definition) is 3. The Kier molecular flexibility index (Phi) is 4.72. The summed E-state index contributed by atoms with van der Waals surface area (Å²) in [5, 5.41) is 0. The van der Waals surface area contributed by atoms with Gasteiger partial charge in [0.2, 0.25) is 0 Å². The first-order valence-electron chi connectivity index (χ1n) is 5.14. The van der Waals surface area contributed by atoms with Crippen LogP contribution in [0.3, 0.4) is 0 Å². The van der Waals surface area contributed by atoms with Crippen molar-refractivity contribution in [2.75, 3.05) is 11.3 Å². The molecule has 0 bridgehead atoms. The molecule has 1 aromatic carbocycles. The summed E-state index contributed by atoms with van der Waals surface area (Å²) in [6.07, 6.45) is 0.757. The molecule has 0 saturated heterocycles. The fourth-order valence-corrected chi connectivity index (χ4v) is 2.13. The average Bonchev–Trinajstić information content (AvgIpc) is 2.27. The van der Waals surface area contributed by atoms with Gasteiger partial charge in [-0.05, 0) is 24.1 Å². The molecular formula is C10H17N3O2S. The summed E-state index contributed by atoms with van der Waals surface area (Å²) in [5.41, 5.74) is 6.93. The molecule has 16 heavy (non-hydrogen) atoms. The maximum atomic E-state index is 11.5. The Balaban J connectivity index is 2.65. The van der Waals surface area contributed by atoms with E-state index in [9.17, 15) is 8.42 Å². The third kappa shape index (κ3) is 4.18. The van der Waals surface area contributed by atoms with Gasteiger partial charge in [-0.15, -0.1) is 0 Å². The topological polar surface area (TPSA) is 84.2 Å². The van der Waals surface area contributed by atoms with Crippen molar-refractivity contribution in [3.05, 3.63) is 29.8 Å². The zero-order valence-corrected chi connectivity index (χ0v) is 10.0. The lowest BCUT2D eigenvalue weighted by Crippen LogP contribution is -2.30. The lowest BCUT2D eigenvalue weighted by Gasteiger charge is -2.08. The van der Waals surface area contributed by atoms with Gasteiger partial charge >= 0.3 is 0 Å². The van der Waals surface area contributed by atoms with Gasteiger partial charge in [-0.3, -0.25) is 4.72 Å². The maximum absolute atomic E-state index is 11.5. The molecule has 0 aliphatic carbocycles. The van der Waals surface area contributed by atoms with Gasteiger partial charge in [0.25, 0.3) is 10.2 Å².